The number of benzene rings is 2. The van der Waals surface area contributed by atoms with Gasteiger partial charge in [0.1, 0.15) is 30.0 Å². The molecule has 3 rings (SSSR count). The highest BCUT2D eigenvalue weighted by molar-refractivity contribution is 6.00. The summed E-state index contributed by atoms with van der Waals surface area (Å²) in [6.45, 7) is 2.47. The predicted octanol–water partition coefficient (Wildman–Crippen LogP) is 5.33. The topological polar surface area (TPSA) is 106 Å². The number of rotatable bonds is 15. The maximum absolute atomic E-state index is 14.1. The third-order valence-electron chi connectivity index (χ3n) is 6.70. The first-order valence-corrected chi connectivity index (χ1v) is 13.9. The van der Waals surface area contributed by atoms with E-state index < -0.39 is 47.2 Å². The molecule has 0 aliphatic carbocycles. The Bertz CT molecular complexity index is 1300. The first-order valence-electron chi connectivity index (χ1n) is 13.9. The number of hydrogen-bond donors (Lipinski definition) is 3. The standard InChI is InChI=1S/C31H36F4N2O6.ClH/c1-20-25(26(21-11-10-12-22(32)17-21)27(29(39)41-2)28(37-20)31(33,34)35)30(40)42-16-9-4-3-8-15-36-18-23(38)19-43-24-13-6-5-7-14-24;/h5-7,10-14,17,23,26,36-38H,3-4,8-9,15-16,18-19H2,1-2H3;1H. The SMILES string of the molecule is COC(=O)C1=C(C(F)(F)F)NC(C)=C(C(=O)OCCCCCCNCC(O)COc2ccccc2)C1c1cccc(F)c1.Cl. The summed E-state index contributed by atoms with van der Waals surface area (Å²) in [6, 6.07) is 13.9. The number of alkyl halides is 3. The number of ether oxygens (including phenoxy) is 3. The molecule has 0 saturated carbocycles. The third-order valence-corrected chi connectivity index (χ3v) is 6.70. The average molecular weight is 645 g/mol. The van der Waals surface area contributed by atoms with E-state index in [2.05, 4.69) is 15.4 Å². The molecule has 242 valence electrons. The zero-order valence-electron chi connectivity index (χ0n) is 24.4. The Morgan fingerprint density at radius 2 is 1.70 bits per heavy atom. The number of allylic oxidation sites excluding steroid dienone is 2. The molecule has 2 unspecified atom stereocenters. The predicted molar refractivity (Wildman–Crippen MR) is 158 cm³/mol. The van der Waals surface area contributed by atoms with Crippen LogP contribution in [-0.2, 0) is 19.1 Å². The zero-order valence-corrected chi connectivity index (χ0v) is 25.2. The molecule has 0 spiro atoms. The van der Waals surface area contributed by atoms with Crippen molar-refractivity contribution in [2.45, 2.75) is 50.8 Å². The van der Waals surface area contributed by atoms with Crippen molar-refractivity contribution < 1.29 is 46.5 Å². The lowest BCUT2D eigenvalue weighted by Gasteiger charge is -2.32. The first-order chi connectivity index (χ1) is 20.5. The first kappa shape index (κ1) is 36.6. The van der Waals surface area contributed by atoms with E-state index in [-0.39, 0.29) is 42.5 Å². The summed E-state index contributed by atoms with van der Waals surface area (Å²) in [4.78, 5) is 25.7. The molecule has 8 nitrogen and oxygen atoms in total. The molecule has 0 saturated heterocycles. The van der Waals surface area contributed by atoms with Gasteiger partial charge in [0, 0.05) is 12.2 Å². The monoisotopic (exact) mass is 644 g/mol. The highest BCUT2D eigenvalue weighted by atomic mass is 35.5. The van der Waals surface area contributed by atoms with Crippen LogP contribution in [0, 0.1) is 5.82 Å². The van der Waals surface area contributed by atoms with Crippen LogP contribution in [0.1, 0.15) is 44.1 Å². The van der Waals surface area contributed by atoms with Gasteiger partial charge >= 0.3 is 18.1 Å². The molecule has 44 heavy (non-hydrogen) atoms. The van der Waals surface area contributed by atoms with Crippen molar-refractivity contribution in [2.75, 3.05) is 33.4 Å². The molecule has 3 N–H and O–H groups in total. The van der Waals surface area contributed by atoms with Crippen LogP contribution in [0.2, 0.25) is 0 Å². The van der Waals surface area contributed by atoms with Gasteiger partial charge in [-0.1, -0.05) is 43.2 Å². The Hall–Kier alpha value is -3.61. The van der Waals surface area contributed by atoms with E-state index in [9.17, 15) is 32.3 Å². The molecular formula is C31H37ClF4N2O6. The second-order valence-corrected chi connectivity index (χ2v) is 9.96. The number of unbranched alkanes of at least 4 members (excludes halogenated alkanes) is 3. The normalized spacial score (nSPS) is 15.7. The molecule has 1 aliphatic heterocycles. The quantitative estimate of drug-likeness (QED) is 0.136. The van der Waals surface area contributed by atoms with Crippen LogP contribution in [-0.4, -0.2) is 62.7 Å². The lowest BCUT2D eigenvalue weighted by Crippen LogP contribution is -2.38. The van der Waals surface area contributed by atoms with Crippen molar-refractivity contribution in [2.24, 2.45) is 0 Å². The smallest absolute Gasteiger partial charge is 0.431 e. The van der Waals surface area contributed by atoms with Gasteiger partial charge in [-0.05, 0) is 56.1 Å². The molecule has 0 fully saturated rings. The number of carbonyl (C=O) groups excluding carboxylic acids is 2. The maximum Gasteiger partial charge on any atom is 0.431 e. The van der Waals surface area contributed by atoms with Crippen LogP contribution in [0.4, 0.5) is 17.6 Å². The lowest BCUT2D eigenvalue weighted by molar-refractivity contribution is -0.140. The number of para-hydroxylation sites is 1. The van der Waals surface area contributed by atoms with Gasteiger partial charge in [-0.3, -0.25) is 0 Å². The summed E-state index contributed by atoms with van der Waals surface area (Å²) >= 11 is 0. The van der Waals surface area contributed by atoms with E-state index >= 15 is 0 Å². The van der Waals surface area contributed by atoms with Crippen LogP contribution >= 0.6 is 12.4 Å². The number of hydrogen-bond acceptors (Lipinski definition) is 8. The van der Waals surface area contributed by atoms with Crippen molar-refractivity contribution in [3.63, 3.8) is 0 Å². The number of methoxy groups -OCH3 is 1. The van der Waals surface area contributed by atoms with Gasteiger partial charge in [0.25, 0.3) is 0 Å². The third kappa shape index (κ3) is 10.5. The summed E-state index contributed by atoms with van der Waals surface area (Å²) in [5.74, 6) is -3.85. The van der Waals surface area contributed by atoms with Crippen LogP contribution in [0.3, 0.4) is 0 Å². The van der Waals surface area contributed by atoms with Crippen molar-refractivity contribution in [1.29, 1.82) is 0 Å². The lowest BCUT2D eigenvalue weighted by atomic mass is 9.80. The number of nitrogens with one attached hydrogen (secondary N) is 2. The number of aliphatic hydroxyl groups excluding tert-OH is 1. The minimum Gasteiger partial charge on any atom is -0.491 e. The second-order valence-electron chi connectivity index (χ2n) is 9.96. The van der Waals surface area contributed by atoms with Crippen molar-refractivity contribution in [1.82, 2.24) is 10.6 Å². The van der Waals surface area contributed by atoms with Gasteiger partial charge in [0.15, 0.2) is 0 Å². The van der Waals surface area contributed by atoms with Gasteiger partial charge in [-0.2, -0.15) is 13.2 Å². The molecular weight excluding hydrogens is 608 g/mol. The highest BCUT2D eigenvalue weighted by Crippen LogP contribution is 2.43. The number of dihydropyridines is 1. The average Bonchev–Trinajstić information content (AvgIpc) is 2.98. The fourth-order valence-electron chi connectivity index (χ4n) is 4.66. The van der Waals surface area contributed by atoms with E-state index in [0.717, 1.165) is 32.1 Å². The fraction of sp³-hybridized carbons (Fsp3) is 0.419. The van der Waals surface area contributed by atoms with Gasteiger partial charge in [0.05, 0.1) is 30.8 Å². The Kier molecular flexibility index (Phi) is 14.7. The minimum absolute atomic E-state index is 0. The number of aliphatic hydroxyl groups is 1. The Morgan fingerprint density at radius 3 is 2.36 bits per heavy atom. The second kappa shape index (κ2) is 17.6. The number of carbonyl (C=O) groups is 2. The molecule has 2 aromatic rings. The summed E-state index contributed by atoms with van der Waals surface area (Å²) in [5, 5.41) is 15.3. The van der Waals surface area contributed by atoms with Crippen molar-refractivity contribution >= 4 is 24.3 Å². The van der Waals surface area contributed by atoms with Crippen molar-refractivity contribution in [3.05, 3.63) is 88.5 Å². The van der Waals surface area contributed by atoms with Gasteiger partial charge in [-0.15, -0.1) is 12.4 Å². The van der Waals surface area contributed by atoms with E-state index in [4.69, 9.17) is 9.47 Å². The van der Waals surface area contributed by atoms with Gasteiger partial charge in [0.2, 0.25) is 0 Å². The molecule has 1 heterocycles. The number of esters is 2. The Morgan fingerprint density at radius 1 is 1.00 bits per heavy atom. The molecule has 0 radical (unpaired) electrons. The minimum atomic E-state index is -4.98. The molecule has 1 aliphatic rings. The largest absolute Gasteiger partial charge is 0.491 e. The Balaban J connectivity index is 0.00000675. The highest BCUT2D eigenvalue weighted by Gasteiger charge is 2.47. The summed E-state index contributed by atoms with van der Waals surface area (Å²) in [5.41, 5.74) is -2.67. The van der Waals surface area contributed by atoms with Gasteiger partial charge < -0.3 is 30.0 Å². The van der Waals surface area contributed by atoms with Crippen LogP contribution in [0.25, 0.3) is 0 Å². The van der Waals surface area contributed by atoms with Crippen LogP contribution in [0.5, 0.6) is 5.75 Å². The summed E-state index contributed by atoms with van der Waals surface area (Å²) in [6.07, 6.45) is -2.82. The maximum atomic E-state index is 14.1. The molecule has 0 amide bonds. The Labute approximate surface area is 259 Å². The van der Waals surface area contributed by atoms with E-state index in [1.807, 2.05) is 30.3 Å². The van der Waals surface area contributed by atoms with Crippen molar-refractivity contribution in [3.8, 4) is 5.75 Å². The molecule has 2 aromatic carbocycles. The van der Waals surface area contributed by atoms with E-state index in [1.165, 1.54) is 19.1 Å². The molecule has 13 heteroatoms. The number of halogens is 5. The molecule has 2 atom stereocenters. The van der Waals surface area contributed by atoms with Crippen LogP contribution in [0.15, 0.2) is 77.1 Å². The van der Waals surface area contributed by atoms with Gasteiger partial charge in [-0.25, -0.2) is 14.0 Å². The van der Waals surface area contributed by atoms with E-state index in [0.29, 0.717) is 31.7 Å². The van der Waals surface area contributed by atoms with Crippen LogP contribution < -0.4 is 15.4 Å². The van der Waals surface area contributed by atoms with E-state index in [1.54, 1.807) is 0 Å². The summed E-state index contributed by atoms with van der Waals surface area (Å²) < 4.78 is 71.4. The molecule has 0 aromatic heterocycles. The summed E-state index contributed by atoms with van der Waals surface area (Å²) in [7, 11) is 0.924. The molecule has 0 bridgehead atoms. The zero-order chi connectivity index (χ0) is 31.4. The fourth-order valence-corrected chi connectivity index (χ4v) is 4.66.